The molecular formula is C16H22FNO3. The molecule has 2 atom stereocenters. The van der Waals surface area contributed by atoms with Gasteiger partial charge in [-0.3, -0.25) is 9.59 Å². The first kappa shape index (κ1) is 17.1. The van der Waals surface area contributed by atoms with E-state index in [1.54, 1.807) is 13.8 Å². The van der Waals surface area contributed by atoms with Crippen molar-refractivity contribution in [1.29, 1.82) is 0 Å². The van der Waals surface area contributed by atoms with Crippen molar-refractivity contribution >= 4 is 11.9 Å². The number of aryl methyl sites for hydroxylation is 1. The molecule has 5 heteroatoms. The molecule has 0 aliphatic heterocycles. The summed E-state index contributed by atoms with van der Waals surface area (Å²) in [5, 5.41) is 11.6. The van der Waals surface area contributed by atoms with Crippen LogP contribution in [0.3, 0.4) is 0 Å². The summed E-state index contributed by atoms with van der Waals surface area (Å²) in [6, 6.07) is 4.01. The van der Waals surface area contributed by atoms with Gasteiger partial charge in [-0.15, -0.1) is 0 Å². The lowest BCUT2D eigenvalue weighted by atomic mass is 10.0. The molecule has 2 unspecified atom stereocenters. The van der Waals surface area contributed by atoms with Crippen molar-refractivity contribution in [2.75, 3.05) is 0 Å². The van der Waals surface area contributed by atoms with Gasteiger partial charge in [0.25, 0.3) is 5.91 Å². The highest BCUT2D eigenvalue weighted by Crippen LogP contribution is 2.12. The molecule has 2 N–H and O–H groups in total. The SMILES string of the molecule is Cc1cc(F)ccc1C(=O)NC(C)CCCC(C)C(=O)O. The normalized spacial score (nSPS) is 13.5. The maximum absolute atomic E-state index is 13.0. The molecule has 1 rings (SSSR count). The molecule has 0 heterocycles. The van der Waals surface area contributed by atoms with E-state index in [0.29, 0.717) is 24.0 Å². The van der Waals surface area contributed by atoms with Gasteiger partial charge in [0.15, 0.2) is 0 Å². The Bertz CT molecular complexity index is 516. The fourth-order valence-corrected chi connectivity index (χ4v) is 2.11. The highest BCUT2D eigenvalue weighted by atomic mass is 19.1. The predicted octanol–water partition coefficient (Wildman–Crippen LogP) is 3.14. The minimum atomic E-state index is -0.798. The quantitative estimate of drug-likeness (QED) is 0.812. The molecule has 4 nitrogen and oxygen atoms in total. The maximum Gasteiger partial charge on any atom is 0.306 e. The van der Waals surface area contributed by atoms with Crippen LogP contribution in [0.15, 0.2) is 18.2 Å². The Labute approximate surface area is 124 Å². The fraction of sp³-hybridized carbons (Fsp3) is 0.500. The third-order valence-electron chi connectivity index (χ3n) is 3.51. The monoisotopic (exact) mass is 295 g/mol. The number of halogens is 1. The standard InChI is InChI=1S/C16H22FNO3/c1-10(16(20)21)5-4-6-12(3)18-15(19)14-8-7-13(17)9-11(14)2/h7-10,12H,4-6H2,1-3H3,(H,18,19)(H,20,21). The van der Waals surface area contributed by atoms with Crippen molar-refractivity contribution in [3.8, 4) is 0 Å². The van der Waals surface area contributed by atoms with Gasteiger partial charge in [0, 0.05) is 11.6 Å². The number of hydrogen-bond acceptors (Lipinski definition) is 2. The van der Waals surface area contributed by atoms with E-state index in [0.717, 1.165) is 6.42 Å². The van der Waals surface area contributed by atoms with Gasteiger partial charge in [-0.05, 0) is 50.5 Å². The van der Waals surface area contributed by atoms with Crippen LogP contribution in [-0.4, -0.2) is 23.0 Å². The summed E-state index contributed by atoms with van der Waals surface area (Å²) in [6.07, 6.45) is 2.03. The smallest absolute Gasteiger partial charge is 0.306 e. The van der Waals surface area contributed by atoms with Gasteiger partial charge in [0.2, 0.25) is 0 Å². The molecule has 0 spiro atoms. The van der Waals surface area contributed by atoms with Crippen molar-refractivity contribution in [3.05, 3.63) is 35.1 Å². The van der Waals surface area contributed by atoms with Crippen molar-refractivity contribution in [3.63, 3.8) is 0 Å². The van der Waals surface area contributed by atoms with Gasteiger partial charge in [-0.2, -0.15) is 0 Å². The minimum absolute atomic E-state index is 0.0528. The van der Waals surface area contributed by atoms with Crippen LogP contribution in [-0.2, 0) is 4.79 Å². The predicted molar refractivity (Wildman–Crippen MR) is 78.7 cm³/mol. The molecule has 21 heavy (non-hydrogen) atoms. The number of carboxylic acid groups (broad SMARTS) is 1. The second-order valence-electron chi connectivity index (χ2n) is 5.50. The molecule has 116 valence electrons. The van der Waals surface area contributed by atoms with Gasteiger partial charge in [-0.25, -0.2) is 4.39 Å². The van der Waals surface area contributed by atoms with E-state index in [9.17, 15) is 14.0 Å². The Balaban J connectivity index is 2.45. The van der Waals surface area contributed by atoms with Gasteiger partial charge >= 0.3 is 5.97 Å². The number of carboxylic acids is 1. The van der Waals surface area contributed by atoms with E-state index in [-0.39, 0.29) is 23.7 Å². The first-order valence-electron chi connectivity index (χ1n) is 7.11. The van der Waals surface area contributed by atoms with Crippen molar-refractivity contribution in [2.24, 2.45) is 5.92 Å². The topological polar surface area (TPSA) is 66.4 Å². The van der Waals surface area contributed by atoms with E-state index >= 15 is 0 Å². The van der Waals surface area contributed by atoms with Gasteiger partial charge in [0.1, 0.15) is 5.82 Å². The zero-order valence-corrected chi connectivity index (χ0v) is 12.6. The second-order valence-corrected chi connectivity index (χ2v) is 5.50. The van der Waals surface area contributed by atoms with Crippen LogP contribution in [0, 0.1) is 18.7 Å². The van der Waals surface area contributed by atoms with Gasteiger partial charge < -0.3 is 10.4 Å². The molecule has 1 amide bonds. The molecule has 0 fully saturated rings. The number of benzene rings is 1. The fourth-order valence-electron chi connectivity index (χ4n) is 2.11. The Morgan fingerprint density at radius 3 is 2.52 bits per heavy atom. The lowest BCUT2D eigenvalue weighted by Gasteiger charge is -2.15. The van der Waals surface area contributed by atoms with Crippen LogP contribution >= 0.6 is 0 Å². The third kappa shape index (κ3) is 5.53. The van der Waals surface area contributed by atoms with Crippen LogP contribution in [0.4, 0.5) is 4.39 Å². The molecule has 0 bridgehead atoms. The average Bonchev–Trinajstić information content (AvgIpc) is 2.37. The average molecular weight is 295 g/mol. The molecular weight excluding hydrogens is 273 g/mol. The highest BCUT2D eigenvalue weighted by molar-refractivity contribution is 5.95. The first-order chi connectivity index (χ1) is 9.81. The Kier molecular flexibility index (Phi) is 6.34. The molecule has 1 aromatic rings. The number of amides is 1. The summed E-state index contributed by atoms with van der Waals surface area (Å²) in [4.78, 5) is 22.8. The second kappa shape index (κ2) is 7.76. The number of nitrogens with one attached hydrogen (secondary N) is 1. The summed E-state index contributed by atoms with van der Waals surface area (Å²) < 4.78 is 13.0. The highest BCUT2D eigenvalue weighted by Gasteiger charge is 2.14. The molecule has 1 aromatic carbocycles. The summed E-state index contributed by atoms with van der Waals surface area (Å²) in [7, 11) is 0. The number of carbonyl (C=O) groups excluding carboxylic acids is 1. The maximum atomic E-state index is 13.0. The van der Waals surface area contributed by atoms with Crippen LogP contribution in [0.5, 0.6) is 0 Å². The molecule has 0 aromatic heterocycles. The largest absolute Gasteiger partial charge is 0.481 e. The Morgan fingerprint density at radius 2 is 1.95 bits per heavy atom. The summed E-state index contributed by atoms with van der Waals surface area (Å²) >= 11 is 0. The summed E-state index contributed by atoms with van der Waals surface area (Å²) in [5.41, 5.74) is 1.06. The van der Waals surface area contributed by atoms with Crippen LogP contribution < -0.4 is 5.32 Å². The third-order valence-corrected chi connectivity index (χ3v) is 3.51. The molecule has 0 aliphatic carbocycles. The lowest BCUT2D eigenvalue weighted by Crippen LogP contribution is -2.33. The Morgan fingerprint density at radius 1 is 1.29 bits per heavy atom. The van der Waals surface area contributed by atoms with Crippen molar-refractivity contribution in [2.45, 2.75) is 46.1 Å². The van der Waals surface area contributed by atoms with Crippen LogP contribution in [0.1, 0.15) is 49.0 Å². The number of rotatable bonds is 7. The molecule has 0 aliphatic rings. The number of carbonyl (C=O) groups is 2. The van der Waals surface area contributed by atoms with E-state index in [1.165, 1.54) is 18.2 Å². The van der Waals surface area contributed by atoms with E-state index in [2.05, 4.69) is 5.32 Å². The Hall–Kier alpha value is -1.91. The van der Waals surface area contributed by atoms with E-state index in [4.69, 9.17) is 5.11 Å². The van der Waals surface area contributed by atoms with E-state index < -0.39 is 5.97 Å². The molecule has 0 saturated carbocycles. The van der Waals surface area contributed by atoms with E-state index in [1.807, 2.05) is 6.92 Å². The number of aliphatic carboxylic acids is 1. The first-order valence-corrected chi connectivity index (χ1v) is 7.11. The lowest BCUT2D eigenvalue weighted by molar-refractivity contribution is -0.141. The van der Waals surface area contributed by atoms with Crippen molar-refractivity contribution in [1.82, 2.24) is 5.32 Å². The van der Waals surface area contributed by atoms with Crippen LogP contribution in [0.25, 0.3) is 0 Å². The molecule has 0 radical (unpaired) electrons. The van der Waals surface area contributed by atoms with Crippen LogP contribution in [0.2, 0.25) is 0 Å². The van der Waals surface area contributed by atoms with Gasteiger partial charge in [-0.1, -0.05) is 13.3 Å². The minimum Gasteiger partial charge on any atom is -0.481 e. The molecule has 0 saturated heterocycles. The zero-order valence-electron chi connectivity index (χ0n) is 12.6. The summed E-state index contributed by atoms with van der Waals surface area (Å²) in [6.45, 7) is 5.24. The summed E-state index contributed by atoms with van der Waals surface area (Å²) in [5.74, 6) is -1.76. The number of hydrogen-bond donors (Lipinski definition) is 2. The zero-order chi connectivity index (χ0) is 16.0. The van der Waals surface area contributed by atoms with Crippen molar-refractivity contribution < 1.29 is 19.1 Å². The van der Waals surface area contributed by atoms with Gasteiger partial charge in [0.05, 0.1) is 5.92 Å².